The van der Waals surface area contributed by atoms with Gasteiger partial charge in [-0.3, -0.25) is 0 Å². The van der Waals surface area contributed by atoms with Gasteiger partial charge in [0.2, 0.25) is 5.71 Å². The fraction of sp³-hybridized carbons (Fsp3) is 0.286. The molecule has 5 aliphatic heterocycles. The van der Waals surface area contributed by atoms with E-state index in [1.807, 2.05) is 37.3 Å². The molecule has 0 saturated heterocycles. The first kappa shape index (κ1) is 81.6. The van der Waals surface area contributed by atoms with Crippen LogP contribution < -0.4 is 39.2 Å². The predicted molar refractivity (Wildman–Crippen MR) is 504 cm³/mol. The molecule has 14 heteroatoms. The van der Waals surface area contributed by atoms with Gasteiger partial charge in [-0.2, -0.15) is 0 Å². The SMILES string of the molecule is Cc1ccc2c(n1)oc1c(N3C=CN(C)[C@@H]3C)c(C)ccc12.Cc1ccc2c(oc3ccccc32)c1N1C=CN(C)[C@@H]1C.Cc1ccc2c(oc3ccccc32)c1N1C=CN(c2c(C(C)C)cccc2C(C)C)[C@@H]1C.Cc1ccccc1N1C=CN(c2c(C(C)C)cccc2C(C)C)[C@@H]1C.Cc1ccccc1N1C=CN(c2ccccc2)[C@@H]1C. The molecule has 5 aliphatic rings. The van der Waals surface area contributed by atoms with Crippen molar-refractivity contribution in [2.75, 3.05) is 53.3 Å². The van der Waals surface area contributed by atoms with Gasteiger partial charge in [-0.1, -0.05) is 219 Å². The number of fused-ring (bicyclic) bond motifs is 9. The normalized spacial score (nSPS) is 17.5. The minimum absolute atomic E-state index is 0.143. The Balaban J connectivity index is 0.000000118. The van der Waals surface area contributed by atoms with Crippen molar-refractivity contribution in [2.45, 2.75) is 186 Å². The number of aryl methyl sites for hydroxylation is 6. The average Bonchev–Trinajstić information content (AvgIpc) is 1.61. The van der Waals surface area contributed by atoms with Crippen molar-refractivity contribution in [1.82, 2.24) is 14.8 Å². The lowest BCUT2D eigenvalue weighted by Crippen LogP contribution is -2.37. The van der Waals surface area contributed by atoms with Crippen molar-refractivity contribution in [3.05, 3.63) is 330 Å². The number of hydrogen-bond acceptors (Lipinski definition) is 14. The second kappa shape index (κ2) is 34.2. The third kappa shape index (κ3) is 15.7. The number of hydrogen-bond donors (Lipinski definition) is 0. The summed E-state index contributed by atoms with van der Waals surface area (Å²) >= 11 is 0. The molecule has 0 bridgehead atoms. The molecule has 9 heterocycles. The third-order valence-corrected chi connectivity index (χ3v) is 24.6. The summed E-state index contributed by atoms with van der Waals surface area (Å²) in [5.41, 5.74) is 28.3. The molecule has 14 aromatic rings. The van der Waals surface area contributed by atoms with E-state index in [1.54, 1.807) is 0 Å². The van der Waals surface area contributed by atoms with Gasteiger partial charge in [0.15, 0.2) is 16.7 Å². The molecular weight excluding hydrogens is 1460 g/mol. The molecule has 0 amide bonds. The van der Waals surface area contributed by atoms with Gasteiger partial charge >= 0.3 is 0 Å². The Bertz CT molecular complexity index is 6120. The van der Waals surface area contributed by atoms with Crippen LogP contribution in [0.5, 0.6) is 0 Å². The molecule has 0 N–H and O–H groups in total. The van der Waals surface area contributed by atoms with E-state index >= 15 is 0 Å². The standard InChI is InChI=1S/C29H32N2O.C23H30N2.C18H19N3O.C18H18N2O.C17H18N2/c1-18(2)22-11-9-12-23(19(3)4)28(22)31-17-16-30(21(31)6)27-20(5)14-15-25-24-10-7-8-13-26(24)32-29(25)27;1-16(2)20-11-9-12-21(17(3)4)23(20)25-15-14-24(19(25)6)22-13-8-7-10-18(22)5;1-11-5-7-14-15-8-6-12(2)19-18(15)22-17(14)16(11)21-10-9-20(4)13(21)3;1-12-8-9-15-14-6-4-5-7-16(14)21-18(15)17(12)20-11-10-19(3)13(20)2;1-14-8-6-7-11-17(14)19-13-12-18(15(19)2)16-9-4-3-5-10-16/h7-19,21H,1-6H3;7-17,19H,1-6H3;5-10,13H,1-4H3;4-11,13H,1-3H3;3-13,15H,1-2H3/t21-;19-;2*13-;15-/m11000/s1. The zero-order valence-electron chi connectivity index (χ0n) is 73.3. The Labute approximate surface area is 704 Å². The van der Waals surface area contributed by atoms with Crippen LogP contribution in [0.4, 0.5) is 45.5 Å². The van der Waals surface area contributed by atoms with Crippen molar-refractivity contribution in [2.24, 2.45) is 0 Å². The van der Waals surface area contributed by atoms with Crippen molar-refractivity contribution < 1.29 is 13.3 Å². The summed E-state index contributed by atoms with van der Waals surface area (Å²) in [4.78, 5) is 27.6. The lowest BCUT2D eigenvalue weighted by molar-refractivity contribution is 0.383. The van der Waals surface area contributed by atoms with Crippen LogP contribution >= 0.6 is 0 Å². The number of aromatic nitrogens is 1. The van der Waals surface area contributed by atoms with Gasteiger partial charge in [0.1, 0.15) is 42.0 Å². The molecule has 4 aromatic heterocycles. The van der Waals surface area contributed by atoms with Crippen molar-refractivity contribution >= 4 is 111 Å². The lowest BCUT2D eigenvalue weighted by Gasteiger charge is -2.34. The predicted octanol–water partition coefficient (Wildman–Crippen LogP) is 27.4. The van der Waals surface area contributed by atoms with Gasteiger partial charge in [-0.25, -0.2) is 4.98 Å². The van der Waals surface area contributed by atoms with E-state index in [0.717, 1.165) is 61.4 Å². The highest BCUT2D eigenvalue weighted by Crippen LogP contribution is 2.47. The second-order valence-corrected chi connectivity index (χ2v) is 33.8. The van der Waals surface area contributed by atoms with Gasteiger partial charge in [-0.15, -0.1) is 0 Å². The van der Waals surface area contributed by atoms with Gasteiger partial charge < -0.3 is 62.3 Å². The summed E-state index contributed by atoms with van der Waals surface area (Å²) in [5.74, 6) is 1.92. The first-order valence-corrected chi connectivity index (χ1v) is 42.4. The van der Waals surface area contributed by atoms with Gasteiger partial charge in [0, 0.05) is 143 Å². The molecule has 14 nitrogen and oxygen atoms in total. The maximum absolute atomic E-state index is 6.40. The first-order valence-electron chi connectivity index (χ1n) is 42.4. The van der Waals surface area contributed by atoms with Gasteiger partial charge in [0.25, 0.3) is 0 Å². The molecule has 610 valence electrons. The number of pyridine rings is 1. The quantitative estimate of drug-likeness (QED) is 0.116. The van der Waals surface area contributed by atoms with E-state index in [1.165, 1.54) is 100 Å². The second-order valence-electron chi connectivity index (χ2n) is 33.8. The van der Waals surface area contributed by atoms with E-state index in [2.05, 4.69) is 437 Å². The molecule has 10 aromatic carbocycles. The number of furan rings is 3. The Kier molecular flexibility index (Phi) is 23.4. The Morgan fingerprint density at radius 3 is 0.983 bits per heavy atom. The monoisotopic (exact) mass is 1580 g/mol. The average molecular weight is 1580 g/mol. The first-order chi connectivity index (χ1) is 57.3. The zero-order valence-corrected chi connectivity index (χ0v) is 73.3. The highest BCUT2D eigenvalue weighted by atomic mass is 16.3. The van der Waals surface area contributed by atoms with Crippen LogP contribution in [0.3, 0.4) is 0 Å². The van der Waals surface area contributed by atoms with Crippen LogP contribution in [-0.2, 0) is 0 Å². The Morgan fingerprint density at radius 2 is 0.580 bits per heavy atom. The number of benzene rings is 10. The summed E-state index contributed by atoms with van der Waals surface area (Å²) in [6.45, 7) is 42.2. The molecule has 0 spiro atoms. The highest BCUT2D eigenvalue weighted by Gasteiger charge is 2.35. The molecule has 119 heavy (non-hydrogen) atoms. The van der Waals surface area contributed by atoms with E-state index in [9.17, 15) is 0 Å². The summed E-state index contributed by atoms with van der Waals surface area (Å²) in [7, 11) is 4.18. The summed E-state index contributed by atoms with van der Waals surface area (Å²) in [5, 5.41) is 6.90. The van der Waals surface area contributed by atoms with Crippen LogP contribution in [0.1, 0.15) is 169 Å². The van der Waals surface area contributed by atoms with Crippen LogP contribution in [0, 0.1) is 41.5 Å². The van der Waals surface area contributed by atoms with E-state index in [-0.39, 0.29) is 18.5 Å². The maximum Gasteiger partial charge on any atom is 0.227 e. The van der Waals surface area contributed by atoms with E-state index in [4.69, 9.17) is 13.3 Å². The summed E-state index contributed by atoms with van der Waals surface area (Å²) < 4.78 is 18.7. The van der Waals surface area contributed by atoms with Crippen LogP contribution in [0.25, 0.3) is 65.9 Å². The molecule has 0 fully saturated rings. The largest absolute Gasteiger partial charge is 0.454 e. The number of nitrogens with zero attached hydrogens (tertiary/aromatic N) is 11. The minimum atomic E-state index is 0.143. The summed E-state index contributed by atoms with van der Waals surface area (Å²) in [6, 6.07) is 74.8. The van der Waals surface area contributed by atoms with E-state index < -0.39 is 0 Å². The molecule has 0 unspecified atom stereocenters. The topological polar surface area (TPSA) is 84.7 Å². The fourth-order valence-corrected chi connectivity index (χ4v) is 17.5. The lowest BCUT2D eigenvalue weighted by atomic mass is 9.92. The third-order valence-electron chi connectivity index (χ3n) is 24.6. The van der Waals surface area contributed by atoms with Crippen LogP contribution in [0.15, 0.2) is 288 Å². The molecule has 5 atom stereocenters. The molecular formula is C105H117N11O3. The number of anilines is 8. The smallest absolute Gasteiger partial charge is 0.227 e. The molecule has 0 radical (unpaired) electrons. The number of para-hydroxylation sites is 7. The minimum Gasteiger partial charge on any atom is -0.454 e. The Morgan fingerprint density at radius 1 is 0.261 bits per heavy atom. The molecule has 0 saturated carbocycles. The van der Waals surface area contributed by atoms with Crippen molar-refractivity contribution in [1.29, 1.82) is 0 Å². The number of rotatable bonds is 12. The van der Waals surface area contributed by atoms with Crippen molar-refractivity contribution in [3.8, 4) is 0 Å². The van der Waals surface area contributed by atoms with Gasteiger partial charge in [-0.05, 0) is 198 Å². The Hall–Kier alpha value is -12.6. The van der Waals surface area contributed by atoms with Gasteiger partial charge in [0.05, 0.1) is 17.1 Å². The fourth-order valence-electron chi connectivity index (χ4n) is 17.5. The maximum atomic E-state index is 6.40. The van der Waals surface area contributed by atoms with Crippen LogP contribution in [-0.4, -0.2) is 59.7 Å². The molecule has 0 aliphatic carbocycles. The van der Waals surface area contributed by atoms with Crippen LogP contribution in [0.2, 0.25) is 0 Å². The highest BCUT2D eigenvalue weighted by molar-refractivity contribution is 6.12. The molecule has 19 rings (SSSR count). The van der Waals surface area contributed by atoms with Crippen molar-refractivity contribution in [3.63, 3.8) is 0 Å². The summed E-state index contributed by atoms with van der Waals surface area (Å²) in [6.07, 6.45) is 22.9. The zero-order chi connectivity index (χ0) is 83.9. The van der Waals surface area contributed by atoms with E-state index in [0.29, 0.717) is 41.7 Å².